The maximum Gasteiger partial charge on any atom is 0.0471 e. The zero-order valence-electron chi connectivity index (χ0n) is 10.9. The fourth-order valence-corrected chi connectivity index (χ4v) is 2.60. The number of hydrogen-bond donors (Lipinski definition) is 1. The molecule has 0 aliphatic carbocycles. The summed E-state index contributed by atoms with van der Waals surface area (Å²) in [6.07, 6.45) is 2.40. The van der Waals surface area contributed by atoms with Crippen LogP contribution in [-0.2, 0) is 6.54 Å². The molecule has 2 heteroatoms. The summed E-state index contributed by atoms with van der Waals surface area (Å²) in [7, 11) is 0. The van der Waals surface area contributed by atoms with E-state index in [2.05, 4.69) is 36.9 Å². The summed E-state index contributed by atoms with van der Waals surface area (Å²) >= 11 is 0. The van der Waals surface area contributed by atoms with Gasteiger partial charge in [0.15, 0.2) is 0 Å². The lowest BCUT2D eigenvalue weighted by Gasteiger charge is -2.31. The van der Waals surface area contributed by atoms with E-state index >= 15 is 0 Å². The van der Waals surface area contributed by atoms with E-state index < -0.39 is 0 Å². The van der Waals surface area contributed by atoms with Crippen LogP contribution in [0.25, 0.3) is 0 Å². The molecule has 1 N–H and O–H groups in total. The molecule has 17 heavy (non-hydrogen) atoms. The minimum Gasteiger partial charge on any atom is -0.396 e. The quantitative estimate of drug-likeness (QED) is 0.867. The molecule has 0 bridgehead atoms. The van der Waals surface area contributed by atoms with Crippen molar-refractivity contribution in [2.75, 3.05) is 19.7 Å². The van der Waals surface area contributed by atoms with E-state index in [0.29, 0.717) is 12.5 Å². The number of piperidine rings is 1. The standard InChI is InChI=1S/C15H23NO/c1-12-5-6-14(8-13(12)2)9-16-7-3-4-15(10-16)11-17/h5-6,8,15,17H,3-4,7,9-11H2,1-2H3. The predicted octanol–water partition coefficient (Wildman–Crippen LogP) is 2.51. The Morgan fingerprint density at radius 2 is 2.12 bits per heavy atom. The number of hydrogen-bond acceptors (Lipinski definition) is 2. The van der Waals surface area contributed by atoms with Crippen LogP contribution in [0.15, 0.2) is 18.2 Å². The van der Waals surface area contributed by atoms with E-state index in [9.17, 15) is 5.11 Å². The van der Waals surface area contributed by atoms with Gasteiger partial charge < -0.3 is 5.11 Å². The van der Waals surface area contributed by atoms with Crippen LogP contribution in [0.4, 0.5) is 0 Å². The normalized spacial score (nSPS) is 21.7. The third-order valence-corrected chi connectivity index (χ3v) is 3.84. The van der Waals surface area contributed by atoms with Gasteiger partial charge in [-0.25, -0.2) is 0 Å². The lowest BCUT2D eigenvalue weighted by molar-refractivity contribution is 0.116. The summed E-state index contributed by atoms with van der Waals surface area (Å²) in [5.41, 5.74) is 4.13. The number of nitrogens with zero attached hydrogens (tertiary/aromatic N) is 1. The van der Waals surface area contributed by atoms with Crippen molar-refractivity contribution < 1.29 is 5.11 Å². The van der Waals surface area contributed by atoms with Gasteiger partial charge in [0.1, 0.15) is 0 Å². The number of benzene rings is 1. The Morgan fingerprint density at radius 3 is 2.82 bits per heavy atom. The molecular formula is C15H23NO. The molecule has 0 radical (unpaired) electrons. The molecule has 2 rings (SSSR count). The molecule has 1 atom stereocenters. The largest absolute Gasteiger partial charge is 0.396 e. The summed E-state index contributed by atoms with van der Waals surface area (Å²) in [6, 6.07) is 6.72. The Morgan fingerprint density at radius 1 is 1.29 bits per heavy atom. The van der Waals surface area contributed by atoms with Crippen LogP contribution in [0.5, 0.6) is 0 Å². The van der Waals surface area contributed by atoms with Crippen LogP contribution in [-0.4, -0.2) is 29.7 Å². The monoisotopic (exact) mass is 233 g/mol. The van der Waals surface area contributed by atoms with Gasteiger partial charge in [-0.3, -0.25) is 4.90 Å². The van der Waals surface area contributed by atoms with Gasteiger partial charge in [0, 0.05) is 19.7 Å². The molecule has 0 saturated carbocycles. The van der Waals surface area contributed by atoms with Gasteiger partial charge in [0.05, 0.1) is 0 Å². The number of likely N-dealkylation sites (tertiary alicyclic amines) is 1. The molecule has 0 spiro atoms. The minimum absolute atomic E-state index is 0.337. The molecule has 1 unspecified atom stereocenters. The van der Waals surface area contributed by atoms with Crippen LogP contribution in [0, 0.1) is 19.8 Å². The second-order valence-corrected chi connectivity index (χ2v) is 5.34. The van der Waals surface area contributed by atoms with Crippen molar-refractivity contribution >= 4 is 0 Å². The van der Waals surface area contributed by atoms with Gasteiger partial charge in [0.2, 0.25) is 0 Å². The van der Waals surface area contributed by atoms with Gasteiger partial charge in [-0.15, -0.1) is 0 Å². The van der Waals surface area contributed by atoms with E-state index in [-0.39, 0.29) is 0 Å². The van der Waals surface area contributed by atoms with Gasteiger partial charge >= 0.3 is 0 Å². The van der Waals surface area contributed by atoms with E-state index in [1.165, 1.54) is 36.1 Å². The van der Waals surface area contributed by atoms with Crippen LogP contribution in [0.3, 0.4) is 0 Å². The molecule has 1 aliphatic rings. The average molecular weight is 233 g/mol. The molecule has 1 aromatic carbocycles. The minimum atomic E-state index is 0.337. The molecule has 1 aromatic rings. The molecular weight excluding hydrogens is 210 g/mol. The fraction of sp³-hybridized carbons (Fsp3) is 0.600. The first-order valence-electron chi connectivity index (χ1n) is 6.58. The molecule has 1 aliphatic heterocycles. The first-order valence-corrected chi connectivity index (χ1v) is 6.58. The Balaban J connectivity index is 1.97. The van der Waals surface area contributed by atoms with Gasteiger partial charge in [-0.05, 0) is 55.8 Å². The Kier molecular flexibility index (Phi) is 4.19. The Bertz CT molecular complexity index is 375. The zero-order chi connectivity index (χ0) is 12.3. The SMILES string of the molecule is Cc1ccc(CN2CCCC(CO)C2)cc1C. The molecule has 1 fully saturated rings. The second kappa shape index (κ2) is 5.65. The van der Waals surface area contributed by atoms with E-state index in [1.54, 1.807) is 0 Å². The molecule has 0 amide bonds. The van der Waals surface area contributed by atoms with E-state index in [1.807, 2.05) is 0 Å². The lowest BCUT2D eigenvalue weighted by atomic mass is 9.98. The van der Waals surface area contributed by atoms with Crippen LogP contribution in [0.1, 0.15) is 29.5 Å². The second-order valence-electron chi connectivity index (χ2n) is 5.34. The van der Waals surface area contributed by atoms with Crippen molar-refractivity contribution in [2.45, 2.75) is 33.2 Å². The smallest absolute Gasteiger partial charge is 0.0471 e. The highest BCUT2D eigenvalue weighted by Crippen LogP contribution is 2.19. The van der Waals surface area contributed by atoms with Crippen molar-refractivity contribution in [3.05, 3.63) is 34.9 Å². The first-order chi connectivity index (χ1) is 8.19. The topological polar surface area (TPSA) is 23.5 Å². The van der Waals surface area contributed by atoms with Crippen molar-refractivity contribution in [3.8, 4) is 0 Å². The van der Waals surface area contributed by atoms with Crippen molar-refractivity contribution in [2.24, 2.45) is 5.92 Å². The summed E-state index contributed by atoms with van der Waals surface area (Å²) in [5.74, 6) is 0.482. The first kappa shape index (κ1) is 12.6. The van der Waals surface area contributed by atoms with Crippen molar-refractivity contribution in [3.63, 3.8) is 0 Å². The average Bonchev–Trinajstić information content (AvgIpc) is 2.34. The third kappa shape index (κ3) is 3.30. The fourth-order valence-electron chi connectivity index (χ4n) is 2.60. The maximum atomic E-state index is 9.23. The summed E-state index contributed by atoms with van der Waals surface area (Å²) in [5, 5.41) is 9.23. The Labute approximate surface area is 104 Å². The van der Waals surface area contributed by atoms with E-state index in [4.69, 9.17) is 0 Å². The number of aliphatic hydroxyl groups is 1. The van der Waals surface area contributed by atoms with Gasteiger partial charge in [-0.2, -0.15) is 0 Å². The lowest BCUT2D eigenvalue weighted by Crippen LogP contribution is -2.36. The van der Waals surface area contributed by atoms with Gasteiger partial charge in [-0.1, -0.05) is 18.2 Å². The predicted molar refractivity (Wildman–Crippen MR) is 71.0 cm³/mol. The molecule has 1 saturated heterocycles. The number of rotatable bonds is 3. The van der Waals surface area contributed by atoms with Crippen LogP contribution in [0.2, 0.25) is 0 Å². The van der Waals surface area contributed by atoms with E-state index in [0.717, 1.165) is 13.1 Å². The summed E-state index contributed by atoms with van der Waals surface area (Å²) < 4.78 is 0. The van der Waals surface area contributed by atoms with Crippen LogP contribution < -0.4 is 0 Å². The number of aryl methyl sites for hydroxylation is 2. The van der Waals surface area contributed by atoms with Crippen LogP contribution >= 0.6 is 0 Å². The highest BCUT2D eigenvalue weighted by Gasteiger charge is 2.18. The molecule has 0 aromatic heterocycles. The highest BCUT2D eigenvalue weighted by molar-refractivity contribution is 5.29. The van der Waals surface area contributed by atoms with Crippen molar-refractivity contribution in [1.82, 2.24) is 4.90 Å². The third-order valence-electron chi connectivity index (χ3n) is 3.84. The molecule has 1 heterocycles. The summed E-state index contributed by atoms with van der Waals surface area (Å²) in [4.78, 5) is 2.47. The number of aliphatic hydroxyl groups excluding tert-OH is 1. The Hall–Kier alpha value is -0.860. The maximum absolute atomic E-state index is 9.23. The zero-order valence-corrected chi connectivity index (χ0v) is 10.9. The summed E-state index contributed by atoms with van der Waals surface area (Å²) in [6.45, 7) is 7.90. The van der Waals surface area contributed by atoms with Crippen molar-refractivity contribution in [1.29, 1.82) is 0 Å². The highest BCUT2D eigenvalue weighted by atomic mass is 16.3. The van der Waals surface area contributed by atoms with Gasteiger partial charge in [0.25, 0.3) is 0 Å². The molecule has 2 nitrogen and oxygen atoms in total. The molecule has 94 valence electrons.